The number of carboxylic acid groups (broad SMARTS) is 1. The molecule has 136 valence electrons. The predicted molar refractivity (Wildman–Crippen MR) is 98.5 cm³/mol. The number of carboxylic acids is 1. The Balaban J connectivity index is 1.57. The lowest BCUT2D eigenvalue weighted by Crippen LogP contribution is -2.03. The molecule has 3 heterocycles. The van der Waals surface area contributed by atoms with Crippen LogP contribution >= 0.6 is 11.8 Å². The van der Waals surface area contributed by atoms with Crippen molar-refractivity contribution in [2.45, 2.75) is 17.5 Å². The minimum Gasteiger partial charge on any atom is -0.478 e. The quantitative estimate of drug-likeness (QED) is 0.480. The molecule has 0 aliphatic carbocycles. The van der Waals surface area contributed by atoms with Gasteiger partial charge in [-0.3, -0.25) is 4.57 Å². The molecular weight excluding hydrogens is 366 g/mol. The van der Waals surface area contributed by atoms with E-state index in [4.69, 9.17) is 13.9 Å². The highest BCUT2D eigenvalue weighted by Crippen LogP contribution is 2.27. The lowest BCUT2D eigenvalue weighted by atomic mass is 10.1. The fourth-order valence-corrected chi connectivity index (χ4v) is 3.47. The van der Waals surface area contributed by atoms with Crippen LogP contribution in [-0.2, 0) is 12.3 Å². The summed E-state index contributed by atoms with van der Waals surface area (Å²) in [5.74, 6) is 1.74. The van der Waals surface area contributed by atoms with Gasteiger partial charge in [-0.1, -0.05) is 23.9 Å². The largest absolute Gasteiger partial charge is 0.478 e. The van der Waals surface area contributed by atoms with Gasteiger partial charge in [0.15, 0.2) is 10.9 Å². The number of benzene rings is 1. The molecule has 0 radical (unpaired) electrons. The molecule has 0 aliphatic heterocycles. The smallest absolute Gasteiger partial charge is 0.335 e. The second-order valence-corrected chi connectivity index (χ2v) is 6.68. The Morgan fingerprint density at radius 2 is 1.81 bits per heavy atom. The second-order valence-electron chi connectivity index (χ2n) is 5.74. The van der Waals surface area contributed by atoms with E-state index in [0.29, 0.717) is 23.9 Å². The SMILES string of the molecule is O=C(O)c1ccc(CSc2nnc(-c3ccco3)n2Cc2ccco2)cc1. The molecule has 1 N–H and O–H groups in total. The third-order valence-electron chi connectivity index (χ3n) is 3.92. The summed E-state index contributed by atoms with van der Waals surface area (Å²) in [6.45, 7) is 0.482. The van der Waals surface area contributed by atoms with Crippen molar-refractivity contribution < 1.29 is 18.7 Å². The number of aromatic nitrogens is 3. The summed E-state index contributed by atoms with van der Waals surface area (Å²) in [6, 6.07) is 14.2. The first-order valence-electron chi connectivity index (χ1n) is 8.15. The van der Waals surface area contributed by atoms with E-state index in [2.05, 4.69) is 10.2 Å². The van der Waals surface area contributed by atoms with E-state index in [1.165, 1.54) is 11.8 Å². The zero-order chi connectivity index (χ0) is 18.6. The molecule has 27 heavy (non-hydrogen) atoms. The Hall–Kier alpha value is -3.26. The van der Waals surface area contributed by atoms with E-state index >= 15 is 0 Å². The number of aromatic carboxylic acids is 1. The average molecular weight is 381 g/mol. The first-order valence-corrected chi connectivity index (χ1v) is 9.14. The van der Waals surface area contributed by atoms with Gasteiger partial charge in [-0.05, 0) is 42.0 Å². The van der Waals surface area contributed by atoms with Gasteiger partial charge in [0.1, 0.15) is 5.76 Å². The zero-order valence-corrected chi connectivity index (χ0v) is 14.9. The van der Waals surface area contributed by atoms with Crippen molar-refractivity contribution in [1.82, 2.24) is 14.8 Å². The third kappa shape index (κ3) is 3.80. The van der Waals surface area contributed by atoms with E-state index in [1.807, 2.05) is 22.8 Å². The summed E-state index contributed by atoms with van der Waals surface area (Å²) in [6.07, 6.45) is 3.22. The minimum absolute atomic E-state index is 0.268. The van der Waals surface area contributed by atoms with Crippen LogP contribution in [0.2, 0.25) is 0 Å². The van der Waals surface area contributed by atoms with Crippen LogP contribution in [0.15, 0.2) is 75.0 Å². The molecule has 3 aromatic heterocycles. The van der Waals surface area contributed by atoms with Gasteiger partial charge in [-0.15, -0.1) is 10.2 Å². The van der Waals surface area contributed by atoms with E-state index < -0.39 is 5.97 Å². The second kappa shape index (κ2) is 7.55. The van der Waals surface area contributed by atoms with Gasteiger partial charge in [-0.2, -0.15) is 0 Å². The van der Waals surface area contributed by atoms with Crippen molar-refractivity contribution in [3.8, 4) is 11.6 Å². The monoisotopic (exact) mass is 381 g/mol. The summed E-state index contributed by atoms with van der Waals surface area (Å²) < 4.78 is 12.9. The Kier molecular flexibility index (Phi) is 4.80. The lowest BCUT2D eigenvalue weighted by Gasteiger charge is -2.07. The molecule has 0 saturated carbocycles. The minimum atomic E-state index is -0.935. The zero-order valence-electron chi connectivity index (χ0n) is 14.1. The van der Waals surface area contributed by atoms with Crippen molar-refractivity contribution in [2.75, 3.05) is 0 Å². The van der Waals surface area contributed by atoms with Crippen LogP contribution < -0.4 is 0 Å². The van der Waals surface area contributed by atoms with Crippen molar-refractivity contribution >= 4 is 17.7 Å². The molecule has 0 fully saturated rings. The van der Waals surface area contributed by atoms with Crippen LogP contribution in [0.1, 0.15) is 21.7 Å². The van der Waals surface area contributed by atoms with Crippen LogP contribution in [0.5, 0.6) is 0 Å². The molecule has 4 rings (SSSR count). The van der Waals surface area contributed by atoms with Gasteiger partial charge >= 0.3 is 5.97 Å². The maximum atomic E-state index is 11.0. The number of carbonyl (C=O) groups is 1. The maximum absolute atomic E-state index is 11.0. The van der Waals surface area contributed by atoms with Crippen molar-refractivity contribution in [3.05, 3.63) is 77.9 Å². The summed E-state index contributed by atoms with van der Waals surface area (Å²) in [5.41, 5.74) is 1.27. The molecule has 0 amide bonds. The fourth-order valence-electron chi connectivity index (χ4n) is 2.58. The van der Waals surface area contributed by atoms with Crippen molar-refractivity contribution in [2.24, 2.45) is 0 Å². The number of nitrogens with zero attached hydrogens (tertiary/aromatic N) is 3. The van der Waals surface area contributed by atoms with Gasteiger partial charge in [0, 0.05) is 5.75 Å². The molecule has 0 saturated heterocycles. The number of hydrogen-bond acceptors (Lipinski definition) is 6. The van der Waals surface area contributed by atoms with Crippen molar-refractivity contribution in [1.29, 1.82) is 0 Å². The molecular formula is C19H15N3O4S. The molecule has 0 atom stereocenters. The fraction of sp³-hybridized carbons (Fsp3) is 0.105. The molecule has 0 unspecified atom stereocenters. The molecule has 0 aliphatic rings. The number of thioether (sulfide) groups is 1. The van der Waals surface area contributed by atoms with Crippen LogP contribution in [0.3, 0.4) is 0 Å². The molecule has 0 bridgehead atoms. The standard InChI is InChI=1S/C19H15N3O4S/c23-18(24)14-7-5-13(6-8-14)12-27-19-21-20-17(16-4-2-10-26-16)22(19)11-15-3-1-9-25-15/h1-10H,11-12H2,(H,23,24). The average Bonchev–Trinajstić information content (AvgIpc) is 3.43. The van der Waals surface area contributed by atoms with E-state index in [1.54, 1.807) is 42.9 Å². The number of rotatable bonds is 7. The maximum Gasteiger partial charge on any atom is 0.335 e. The highest BCUT2D eigenvalue weighted by atomic mass is 32.2. The third-order valence-corrected chi connectivity index (χ3v) is 4.96. The molecule has 1 aromatic carbocycles. The highest BCUT2D eigenvalue weighted by molar-refractivity contribution is 7.98. The van der Waals surface area contributed by atoms with Gasteiger partial charge in [0.25, 0.3) is 0 Å². The Morgan fingerprint density at radius 1 is 1.04 bits per heavy atom. The Morgan fingerprint density at radius 3 is 2.48 bits per heavy atom. The molecule has 0 spiro atoms. The van der Waals surface area contributed by atoms with Crippen molar-refractivity contribution in [3.63, 3.8) is 0 Å². The topological polar surface area (TPSA) is 94.3 Å². The normalized spacial score (nSPS) is 11.0. The number of hydrogen-bond donors (Lipinski definition) is 1. The van der Waals surface area contributed by atoms with E-state index in [-0.39, 0.29) is 5.56 Å². The summed E-state index contributed by atoms with van der Waals surface area (Å²) in [7, 11) is 0. The van der Waals surface area contributed by atoms with E-state index in [9.17, 15) is 4.79 Å². The van der Waals surface area contributed by atoms with Crippen LogP contribution in [-0.4, -0.2) is 25.8 Å². The van der Waals surface area contributed by atoms with Gasteiger partial charge in [0.05, 0.1) is 24.6 Å². The van der Waals surface area contributed by atoms with Crippen LogP contribution in [0, 0.1) is 0 Å². The predicted octanol–water partition coefficient (Wildman–Crippen LogP) is 4.17. The summed E-state index contributed by atoms with van der Waals surface area (Å²) in [5, 5.41) is 18.3. The molecule has 4 aromatic rings. The summed E-state index contributed by atoms with van der Waals surface area (Å²) in [4.78, 5) is 11.0. The van der Waals surface area contributed by atoms with E-state index in [0.717, 1.165) is 16.5 Å². The Bertz CT molecular complexity index is 1020. The summed E-state index contributed by atoms with van der Waals surface area (Å²) >= 11 is 1.51. The number of furan rings is 2. The van der Waals surface area contributed by atoms with Gasteiger partial charge < -0.3 is 13.9 Å². The van der Waals surface area contributed by atoms with Gasteiger partial charge in [0.2, 0.25) is 5.82 Å². The lowest BCUT2D eigenvalue weighted by molar-refractivity contribution is 0.0697. The molecule has 8 heteroatoms. The molecule has 7 nitrogen and oxygen atoms in total. The van der Waals surface area contributed by atoms with Gasteiger partial charge in [-0.25, -0.2) is 4.79 Å². The Labute approximate surface area is 158 Å². The van der Waals surface area contributed by atoms with Crippen LogP contribution in [0.4, 0.5) is 0 Å². The van der Waals surface area contributed by atoms with Crippen LogP contribution in [0.25, 0.3) is 11.6 Å². The first kappa shape index (κ1) is 17.2. The first-order chi connectivity index (χ1) is 13.2. The highest BCUT2D eigenvalue weighted by Gasteiger charge is 2.17.